The van der Waals surface area contributed by atoms with E-state index in [1.807, 2.05) is 10.6 Å². The van der Waals surface area contributed by atoms with E-state index in [1.165, 1.54) is 6.92 Å². The number of rotatable bonds is 0. The summed E-state index contributed by atoms with van der Waals surface area (Å²) < 4.78 is 0. The Morgan fingerprint density at radius 1 is 1.00 bits per heavy atom. The van der Waals surface area contributed by atoms with Crippen LogP contribution in [-0.2, 0) is 19.2 Å². The maximum absolute atomic E-state index is 11.0. The molecule has 1 aliphatic rings. The predicted octanol–water partition coefficient (Wildman–Crippen LogP) is -1.69. The Kier molecular flexibility index (Phi) is 2.41. The number of carbonyl (C=O) groups is 4. The van der Waals surface area contributed by atoms with Crippen molar-refractivity contribution in [2.75, 3.05) is 0 Å². The molecular weight excluding hydrogens is 176 g/mol. The number of hydrogen-bond donors (Lipinski definition) is 2. The Hall–Kier alpha value is -1.72. The first-order valence-electron chi connectivity index (χ1n) is 3.68. The van der Waals surface area contributed by atoms with Crippen LogP contribution in [0.1, 0.15) is 13.3 Å². The van der Waals surface area contributed by atoms with Crippen LogP contribution in [-0.4, -0.2) is 23.6 Å². The molecule has 0 spiro atoms. The van der Waals surface area contributed by atoms with Crippen LogP contribution >= 0.6 is 0 Å². The minimum atomic E-state index is -1.02. The smallest absolute Gasteiger partial charge is 0.238 e. The minimum Gasteiger partial charge on any atom is -0.295 e. The summed E-state index contributed by atoms with van der Waals surface area (Å²) in [7, 11) is 0. The average Bonchev–Trinajstić information content (AvgIpc) is 2.00. The van der Waals surface area contributed by atoms with Crippen molar-refractivity contribution in [3.8, 4) is 0 Å². The molecule has 70 valence electrons. The van der Waals surface area contributed by atoms with Crippen LogP contribution < -0.4 is 10.6 Å². The van der Waals surface area contributed by atoms with E-state index < -0.39 is 36.0 Å². The summed E-state index contributed by atoms with van der Waals surface area (Å²) in [6, 6.07) is 0. The largest absolute Gasteiger partial charge is 0.295 e. The second kappa shape index (κ2) is 3.34. The maximum atomic E-state index is 11.0. The van der Waals surface area contributed by atoms with Crippen LogP contribution in [0.25, 0.3) is 0 Å². The first-order chi connectivity index (χ1) is 6.00. The minimum absolute atomic E-state index is 0.496. The summed E-state index contributed by atoms with van der Waals surface area (Å²) >= 11 is 0. The van der Waals surface area contributed by atoms with Crippen molar-refractivity contribution in [3.05, 3.63) is 0 Å². The highest BCUT2D eigenvalue weighted by Gasteiger charge is 2.28. The Bertz CT molecular complexity index is 269. The fourth-order valence-electron chi connectivity index (χ4n) is 0.845. The van der Waals surface area contributed by atoms with E-state index in [0.29, 0.717) is 0 Å². The quantitative estimate of drug-likeness (QED) is 0.347. The highest BCUT2D eigenvalue weighted by Crippen LogP contribution is 1.98. The molecule has 1 fully saturated rings. The molecular formula is C7H8N2O4. The van der Waals surface area contributed by atoms with E-state index in [1.54, 1.807) is 0 Å². The molecule has 0 unspecified atom stereocenters. The van der Waals surface area contributed by atoms with E-state index in [9.17, 15) is 19.2 Å². The van der Waals surface area contributed by atoms with Crippen molar-refractivity contribution in [1.82, 2.24) is 10.6 Å². The summed E-state index contributed by atoms with van der Waals surface area (Å²) in [5.41, 5.74) is 0. The second-order valence-electron chi connectivity index (χ2n) is 2.72. The first kappa shape index (κ1) is 9.37. The number of hydrogen-bond acceptors (Lipinski definition) is 4. The molecule has 4 amide bonds. The molecule has 6 heteroatoms. The van der Waals surface area contributed by atoms with Gasteiger partial charge in [0.05, 0.1) is 0 Å². The van der Waals surface area contributed by atoms with E-state index in [2.05, 4.69) is 0 Å². The van der Waals surface area contributed by atoms with Gasteiger partial charge in [0.25, 0.3) is 0 Å². The third kappa shape index (κ3) is 2.11. The van der Waals surface area contributed by atoms with Gasteiger partial charge in [0.1, 0.15) is 12.3 Å². The fraction of sp³-hybridized carbons (Fsp3) is 0.429. The van der Waals surface area contributed by atoms with Gasteiger partial charge in [0, 0.05) is 0 Å². The third-order valence-electron chi connectivity index (χ3n) is 1.63. The molecule has 1 heterocycles. The molecule has 0 bridgehead atoms. The standard InChI is InChI=1S/C7H8N2O4/c1-3-6(12)8-4(10)2-5(11)9-7(3)13/h3H,2H2,1H3,(H,8,10,12)(H,9,11,13). The molecule has 2 N–H and O–H groups in total. The summed E-state index contributed by atoms with van der Waals surface area (Å²) in [6.07, 6.45) is -0.496. The van der Waals surface area contributed by atoms with Gasteiger partial charge in [-0.3, -0.25) is 29.8 Å². The topological polar surface area (TPSA) is 92.3 Å². The highest BCUT2D eigenvalue weighted by molar-refractivity contribution is 6.16. The van der Waals surface area contributed by atoms with Gasteiger partial charge < -0.3 is 0 Å². The molecule has 0 atom stereocenters. The van der Waals surface area contributed by atoms with Crippen molar-refractivity contribution >= 4 is 23.6 Å². The molecule has 1 rings (SSSR count). The van der Waals surface area contributed by atoms with Gasteiger partial charge in [0.15, 0.2) is 0 Å². The zero-order valence-corrected chi connectivity index (χ0v) is 6.92. The zero-order valence-electron chi connectivity index (χ0n) is 6.92. The molecule has 0 saturated carbocycles. The molecule has 1 aliphatic heterocycles. The van der Waals surface area contributed by atoms with Gasteiger partial charge in [0.2, 0.25) is 23.6 Å². The lowest BCUT2D eigenvalue weighted by atomic mass is 10.1. The van der Waals surface area contributed by atoms with E-state index in [-0.39, 0.29) is 0 Å². The predicted molar refractivity (Wildman–Crippen MR) is 40.1 cm³/mol. The van der Waals surface area contributed by atoms with E-state index in [0.717, 1.165) is 0 Å². The maximum Gasteiger partial charge on any atom is 0.238 e. The fourth-order valence-corrected chi connectivity index (χ4v) is 0.845. The molecule has 6 nitrogen and oxygen atoms in total. The summed E-state index contributed by atoms with van der Waals surface area (Å²) in [6.45, 7) is 1.32. The van der Waals surface area contributed by atoms with Gasteiger partial charge in [-0.05, 0) is 6.92 Å². The summed E-state index contributed by atoms with van der Waals surface area (Å²) in [5, 5.41) is 3.87. The van der Waals surface area contributed by atoms with Gasteiger partial charge in [-0.25, -0.2) is 0 Å². The number of carbonyl (C=O) groups excluding carboxylic acids is 4. The van der Waals surface area contributed by atoms with Crippen molar-refractivity contribution in [2.24, 2.45) is 5.92 Å². The molecule has 1 saturated heterocycles. The van der Waals surface area contributed by atoms with Gasteiger partial charge in [-0.15, -0.1) is 0 Å². The Balaban J connectivity index is 2.82. The lowest BCUT2D eigenvalue weighted by molar-refractivity contribution is -0.142. The lowest BCUT2D eigenvalue weighted by Gasteiger charge is -2.14. The Morgan fingerprint density at radius 3 is 1.77 bits per heavy atom. The van der Waals surface area contributed by atoms with Gasteiger partial charge in [-0.2, -0.15) is 0 Å². The molecule has 0 aromatic carbocycles. The number of imide groups is 2. The molecule has 13 heavy (non-hydrogen) atoms. The molecule has 0 aromatic rings. The first-order valence-corrected chi connectivity index (χ1v) is 3.68. The molecule has 0 aromatic heterocycles. The van der Waals surface area contributed by atoms with Crippen LogP contribution in [0.15, 0.2) is 0 Å². The lowest BCUT2D eigenvalue weighted by Crippen LogP contribution is -2.48. The SMILES string of the molecule is CC1C(=O)NC(=O)CC(=O)NC1=O. The third-order valence-corrected chi connectivity index (χ3v) is 1.63. The zero-order chi connectivity index (χ0) is 10.0. The van der Waals surface area contributed by atoms with Crippen LogP contribution in [0.3, 0.4) is 0 Å². The van der Waals surface area contributed by atoms with Crippen molar-refractivity contribution in [1.29, 1.82) is 0 Å². The molecule has 0 aliphatic carbocycles. The Labute approximate surface area is 73.7 Å². The number of nitrogens with one attached hydrogen (secondary N) is 2. The van der Waals surface area contributed by atoms with Crippen LogP contribution in [0, 0.1) is 5.92 Å². The number of amides is 4. The monoisotopic (exact) mass is 184 g/mol. The van der Waals surface area contributed by atoms with Crippen molar-refractivity contribution < 1.29 is 19.2 Å². The van der Waals surface area contributed by atoms with E-state index in [4.69, 9.17) is 0 Å². The van der Waals surface area contributed by atoms with Gasteiger partial charge >= 0.3 is 0 Å². The van der Waals surface area contributed by atoms with Crippen LogP contribution in [0.5, 0.6) is 0 Å². The second-order valence-corrected chi connectivity index (χ2v) is 2.72. The van der Waals surface area contributed by atoms with E-state index >= 15 is 0 Å². The van der Waals surface area contributed by atoms with Gasteiger partial charge in [-0.1, -0.05) is 0 Å². The van der Waals surface area contributed by atoms with Crippen molar-refractivity contribution in [2.45, 2.75) is 13.3 Å². The Morgan fingerprint density at radius 2 is 1.38 bits per heavy atom. The van der Waals surface area contributed by atoms with Crippen LogP contribution in [0.2, 0.25) is 0 Å². The molecule has 0 radical (unpaired) electrons. The normalized spacial score (nSPS) is 20.4. The van der Waals surface area contributed by atoms with Crippen LogP contribution in [0.4, 0.5) is 0 Å². The summed E-state index contributed by atoms with van der Waals surface area (Å²) in [5.74, 6) is -3.78. The summed E-state index contributed by atoms with van der Waals surface area (Å²) in [4.78, 5) is 43.6. The van der Waals surface area contributed by atoms with Crippen molar-refractivity contribution in [3.63, 3.8) is 0 Å². The average molecular weight is 184 g/mol. The highest BCUT2D eigenvalue weighted by atomic mass is 16.2.